The van der Waals surface area contributed by atoms with Crippen LogP contribution in [0.3, 0.4) is 0 Å². The molecule has 1 saturated heterocycles. The first-order valence-corrected chi connectivity index (χ1v) is 7.40. The number of carbonyl (C=O) groups is 2. The predicted molar refractivity (Wildman–Crippen MR) is 78.5 cm³/mol. The number of ether oxygens (including phenoxy) is 1. The highest BCUT2D eigenvalue weighted by Gasteiger charge is 2.43. The molecule has 1 aromatic carbocycles. The Kier molecular flexibility index (Phi) is 4.77. The average molecular weight is 345 g/mol. The smallest absolute Gasteiger partial charge is 0.419 e. The molecule has 1 N–H and O–H groups in total. The Hall–Kier alpha value is -2.25. The number of carboxylic acid groups (broad SMARTS) is 1. The van der Waals surface area contributed by atoms with Gasteiger partial charge in [0.1, 0.15) is 5.75 Å². The maximum Gasteiger partial charge on any atom is 0.419 e. The highest BCUT2D eigenvalue weighted by molar-refractivity contribution is 5.83. The number of aliphatic carboxylic acids is 1. The second-order valence-corrected chi connectivity index (χ2v) is 6.13. The standard InChI is InChI=1S/C16H18F3NO4/c1-10(13(21)20-8-7-15(2,9-20)14(22)23)24-12-6-4-3-5-11(12)16(17,18)19/h3-6,10H,7-9H2,1-2H3,(H,22,23). The minimum atomic E-state index is -4.59. The van der Waals surface area contributed by atoms with E-state index in [9.17, 15) is 27.9 Å². The second-order valence-electron chi connectivity index (χ2n) is 6.13. The molecule has 24 heavy (non-hydrogen) atoms. The summed E-state index contributed by atoms with van der Waals surface area (Å²) in [4.78, 5) is 24.9. The van der Waals surface area contributed by atoms with E-state index in [1.165, 1.54) is 30.9 Å². The summed E-state index contributed by atoms with van der Waals surface area (Å²) in [6, 6.07) is 4.65. The van der Waals surface area contributed by atoms with Crippen molar-refractivity contribution in [1.82, 2.24) is 4.90 Å². The van der Waals surface area contributed by atoms with Gasteiger partial charge in [-0.05, 0) is 32.4 Å². The number of nitrogens with zero attached hydrogens (tertiary/aromatic N) is 1. The van der Waals surface area contributed by atoms with Gasteiger partial charge in [-0.1, -0.05) is 12.1 Å². The van der Waals surface area contributed by atoms with Crippen LogP contribution in [-0.2, 0) is 15.8 Å². The Labute approximate surface area is 137 Å². The van der Waals surface area contributed by atoms with Gasteiger partial charge in [-0.15, -0.1) is 0 Å². The minimum Gasteiger partial charge on any atom is -0.481 e. The van der Waals surface area contributed by atoms with Crippen LogP contribution in [0.15, 0.2) is 24.3 Å². The largest absolute Gasteiger partial charge is 0.481 e. The topological polar surface area (TPSA) is 66.8 Å². The van der Waals surface area contributed by atoms with E-state index >= 15 is 0 Å². The number of hydrogen-bond acceptors (Lipinski definition) is 3. The molecule has 2 atom stereocenters. The van der Waals surface area contributed by atoms with Gasteiger partial charge in [0.25, 0.3) is 5.91 Å². The van der Waals surface area contributed by atoms with Crippen LogP contribution in [0.2, 0.25) is 0 Å². The van der Waals surface area contributed by atoms with Gasteiger partial charge in [-0.25, -0.2) is 0 Å². The fraction of sp³-hybridized carbons (Fsp3) is 0.500. The number of benzene rings is 1. The summed E-state index contributed by atoms with van der Waals surface area (Å²) in [6.45, 7) is 3.13. The third kappa shape index (κ3) is 3.63. The van der Waals surface area contributed by atoms with Gasteiger partial charge < -0.3 is 14.7 Å². The van der Waals surface area contributed by atoms with Crippen LogP contribution in [0.4, 0.5) is 13.2 Å². The number of alkyl halides is 3. The van der Waals surface area contributed by atoms with Gasteiger partial charge in [0.2, 0.25) is 0 Å². The van der Waals surface area contributed by atoms with E-state index in [0.717, 1.165) is 12.1 Å². The van der Waals surface area contributed by atoms with E-state index < -0.39 is 40.9 Å². The highest BCUT2D eigenvalue weighted by Crippen LogP contribution is 2.36. The minimum absolute atomic E-state index is 0.00971. The molecule has 0 aromatic heterocycles. The number of likely N-dealkylation sites (tertiary alicyclic amines) is 1. The molecule has 0 spiro atoms. The van der Waals surface area contributed by atoms with Crippen molar-refractivity contribution in [1.29, 1.82) is 0 Å². The first-order chi connectivity index (χ1) is 11.0. The third-order valence-corrected chi connectivity index (χ3v) is 4.15. The van der Waals surface area contributed by atoms with E-state index in [4.69, 9.17) is 4.74 Å². The molecular formula is C16H18F3NO4. The Morgan fingerprint density at radius 3 is 2.50 bits per heavy atom. The van der Waals surface area contributed by atoms with Crippen molar-refractivity contribution < 1.29 is 32.6 Å². The Morgan fingerprint density at radius 2 is 1.96 bits per heavy atom. The van der Waals surface area contributed by atoms with Crippen LogP contribution >= 0.6 is 0 Å². The molecule has 8 heteroatoms. The van der Waals surface area contributed by atoms with Gasteiger partial charge in [0.05, 0.1) is 11.0 Å². The summed E-state index contributed by atoms with van der Waals surface area (Å²) in [7, 11) is 0. The molecule has 2 rings (SSSR count). The first-order valence-electron chi connectivity index (χ1n) is 7.40. The molecule has 0 aliphatic carbocycles. The van der Waals surface area contributed by atoms with E-state index in [1.54, 1.807) is 0 Å². The zero-order valence-electron chi connectivity index (χ0n) is 13.3. The summed E-state index contributed by atoms with van der Waals surface area (Å²) in [5.74, 6) is -1.96. The van der Waals surface area contributed by atoms with E-state index in [2.05, 4.69) is 0 Å². The van der Waals surface area contributed by atoms with Crippen molar-refractivity contribution in [3.8, 4) is 5.75 Å². The van der Waals surface area contributed by atoms with Gasteiger partial charge in [-0.2, -0.15) is 13.2 Å². The monoisotopic (exact) mass is 345 g/mol. The Balaban J connectivity index is 2.10. The zero-order chi connectivity index (χ0) is 18.1. The van der Waals surface area contributed by atoms with Crippen LogP contribution in [0.5, 0.6) is 5.75 Å². The average Bonchev–Trinajstić information content (AvgIpc) is 2.90. The molecule has 1 fully saturated rings. The number of carboxylic acids is 1. The van der Waals surface area contributed by atoms with Crippen LogP contribution in [0, 0.1) is 5.41 Å². The lowest BCUT2D eigenvalue weighted by Gasteiger charge is -2.24. The number of carbonyl (C=O) groups excluding carboxylic acids is 1. The molecule has 5 nitrogen and oxygen atoms in total. The third-order valence-electron chi connectivity index (χ3n) is 4.15. The molecule has 1 aliphatic heterocycles. The lowest BCUT2D eigenvalue weighted by atomic mass is 9.90. The molecule has 0 saturated carbocycles. The lowest BCUT2D eigenvalue weighted by molar-refractivity contribution is -0.148. The van der Waals surface area contributed by atoms with Crippen LogP contribution in [0.25, 0.3) is 0 Å². The number of hydrogen-bond donors (Lipinski definition) is 1. The zero-order valence-corrected chi connectivity index (χ0v) is 13.3. The molecule has 1 heterocycles. The molecular weight excluding hydrogens is 327 g/mol. The van der Waals surface area contributed by atoms with Crippen LogP contribution in [-0.4, -0.2) is 41.1 Å². The van der Waals surface area contributed by atoms with E-state index in [-0.39, 0.29) is 13.1 Å². The van der Waals surface area contributed by atoms with Crippen molar-refractivity contribution in [3.05, 3.63) is 29.8 Å². The lowest BCUT2D eigenvalue weighted by Crippen LogP contribution is -2.41. The van der Waals surface area contributed by atoms with Crippen molar-refractivity contribution in [3.63, 3.8) is 0 Å². The second kappa shape index (κ2) is 6.33. The Morgan fingerprint density at radius 1 is 1.33 bits per heavy atom. The van der Waals surface area contributed by atoms with E-state index in [0.29, 0.717) is 6.42 Å². The summed E-state index contributed by atoms with van der Waals surface area (Å²) in [5.41, 5.74) is -2.00. The van der Waals surface area contributed by atoms with Gasteiger partial charge >= 0.3 is 12.1 Å². The van der Waals surface area contributed by atoms with Crippen LogP contribution < -0.4 is 4.74 Å². The summed E-state index contributed by atoms with van der Waals surface area (Å²) in [6.07, 6.45) is -5.45. The molecule has 132 valence electrons. The van der Waals surface area contributed by atoms with Crippen molar-refractivity contribution in [2.45, 2.75) is 32.5 Å². The van der Waals surface area contributed by atoms with Crippen molar-refractivity contribution >= 4 is 11.9 Å². The van der Waals surface area contributed by atoms with Crippen LogP contribution in [0.1, 0.15) is 25.8 Å². The van der Waals surface area contributed by atoms with Gasteiger partial charge in [0.15, 0.2) is 6.10 Å². The summed E-state index contributed by atoms with van der Waals surface area (Å²) in [5, 5.41) is 9.18. The summed E-state index contributed by atoms with van der Waals surface area (Å²) < 4.78 is 44.1. The highest BCUT2D eigenvalue weighted by atomic mass is 19.4. The molecule has 1 amide bonds. The number of para-hydroxylation sites is 1. The van der Waals surface area contributed by atoms with Crippen molar-refractivity contribution in [2.24, 2.45) is 5.41 Å². The van der Waals surface area contributed by atoms with Gasteiger partial charge in [0, 0.05) is 13.1 Å². The number of rotatable bonds is 4. The molecule has 2 unspecified atom stereocenters. The fourth-order valence-corrected chi connectivity index (χ4v) is 2.63. The molecule has 1 aromatic rings. The number of halogens is 3. The Bertz CT molecular complexity index is 646. The van der Waals surface area contributed by atoms with E-state index in [1.807, 2.05) is 0 Å². The quantitative estimate of drug-likeness (QED) is 0.911. The predicted octanol–water partition coefficient (Wildman–Crippen LogP) is 2.80. The fourth-order valence-electron chi connectivity index (χ4n) is 2.63. The first kappa shape index (κ1) is 18.1. The SMILES string of the molecule is CC(Oc1ccccc1C(F)(F)F)C(=O)N1CCC(C)(C(=O)O)C1. The maximum absolute atomic E-state index is 13.0. The normalized spacial score (nSPS) is 22.3. The molecule has 0 bridgehead atoms. The molecule has 1 aliphatic rings. The van der Waals surface area contributed by atoms with Crippen molar-refractivity contribution in [2.75, 3.05) is 13.1 Å². The summed E-state index contributed by atoms with van der Waals surface area (Å²) >= 11 is 0. The van der Waals surface area contributed by atoms with Gasteiger partial charge in [-0.3, -0.25) is 9.59 Å². The maximum atomic E-state index is 13.0. The number of amides is 1. The molecule has 0 radical (unpaired) electrons.